The number of esters is 1. The number of rotatable bonds is 2. The van der Waals surface area contributed by atoms with Gasteiger partial charge in [0.15, 0.2) is 0 Å². The van der Waals surface area contributed by atoms with Crippen LogP contribution < -0.4 is 0 Å². The van der Waals surface area contributed by atoms with E-state index in [0.717, 1.165) is 11.8 Å². The zero-order valence-electron chi connectivity index (χ0n) is 8.14. The van der Waals surface area contributed by atoms with Crippen LogP contribution >= 0.6 is 0 Å². The lowest BCUT2D eigenvalue weighted by Crippen LogP contribution is -2.02. The first-order chi connectivity index (χ1) is 7.26. The topological polar surface area (TPSA) is 55.7 Å². The Morgan fingerprint density at radius 3 is 3.00 bits per heavy atom. The minimum atomic E-state index is -0.400. The summed E-state index contributed by atoms with van der Waals surface area (Å²) in [6.07, 6.45) is 2.39. The molecule has 1 aliphatic rings. The molecule has 0 fully saturated rings. The third-order valence-corrected chi connectivity index (χ3v) is 2.33. The van der Waals surface area contributed by atoms with Crippen molar-refractivity contribution in [3.63, 3.8) is 0 Å². The van der Waals surface area contributed by atoms with Crippen LogP contribution in [-0.4, -0.2) is 25.6 Å². The minimum absolute atomic E-state index is 0.285. The molecule has 4 nitrogen and oxygen atoms in total. The lowest BCUT2D eigenvalue weighted by molar-refractivity contribution is -0.107. The van der Waals surface area contributed by atoms with Crippen molar-refractivity contribution in [2.45, 2.75) is 5.92 Å². The highest BCUT2D eigenvalue weighted by atomic mass is 16.5. The molecule has 0 saturated heterocycles. The number of aliphatic imine (C=N–C) groups is 1. The molecule has 1 aromatic carbocycles. The molecule has 0 amide bonds. The molecule has 0 bridgehead atoms. The molecule has 2 rings (SSSR count). The Balaban J connectivity index is 2.41. The zero-order chi connectivity index (χ0) is 10.8. The van der Waals surface area contributed by atoms with Crippen molar-refractivity contribution in [3.05, 3.63) is 29.3 Å². The van der Waals surface area contributed by atoms with E-state index in [4.69, 9.17) is 0 Å². The van der Waals surface area contributed by atoms with Gasteiger partial charge in [0.1, 0.15) is 6.29 Å². The monoisotopic (exact) mass is 203 g/mol. The predicted molar refractivity (Wildman–Crippen MR) is 54.7 cm³/mol. The largest absolute Gasteiger partial charge is 0.465 e. The number of hydrogen-bond acceptors (Lipinski definition) is 4. The highest BCUT2D eigenvalue weighted by Crippen LogP contribution is 2.31. The van der Waals surface area contributed by atoms with Crippen molar-refractivity contribution in [1.82, 2.24) is 0 Å². The van der Waals surface area contributed by atoms with Gasteiger partial charge >= 0.3 is 5.97 Å². The summed E-state index contributed by atoms with van der Waals surface area (Å²) in [5.74, 6) is -0.686. The first-order valence-electron chi connectivity index (χ1n) is 4.48. The Kier molecular flexibility index (Phi) is 2.33. The molecule has 0 unspecified atom stereocenters. The van der Waals surface area contributed by atoms with Crippen LogP contribution in [0.25, 0.3) is 0 Å². The normalized spacial score (nSPS) is 17.3. The molecule has 1 atom stereocenters. The van der Waals surface area contributed by atoms with E-state index in [0.29, 0.717) is 11.3 Å². The number of aldehydes is 1. The molecule has 0 saturated carbocycles. The maximum absolute atomic E-state index is 11.2. The standard InChI is InChI=1S/C11H9NO3/c1-15-11(14)7-2-3-9-8(6-13)5-12-10(9)4-7/h2-6,8H,1H3/t8-/m0/s1. The number of ether oxygens (including phenoxy) is 1. The molecule has 0 aromatic heterocycles. The van der Waals surface area contributed by atoms with Crippen molar-refractivity contribution in [1.29, 1.82) is 0 Å². The van der Waals surface area contributed by atoms with E-state index in [9.17, 15) is 9.59 Å². The van der Waals surface area contributed by atoms with Gasteiger partial charge in [-0.2, -0.15) is 0 Å². The first-order valence-corrected chi connectivity index (χ1v) is 4.48. The van der Waals surface area contributed by atoms with Crippen LogP contribution in [0.1, 0.15) is 21.8 Å². The van der Waals surface area contributed by atoms with Gasteiger partial charge in [0.25, 0.3) is 0 Å². The van der Waals surface area contributed by atoms with E-state index < -0.39 is 5.97 Å². The third kappa shape index (κ3) is 1.54. The molecule has 1 heterocycles. The second-order valence-corrected chi connectivity index (χ2v) is 3.21. The lowest BCUT2D eigenvalue weighted by Gasteiger charge is -2.03. The van der Waals surface area contributed by atoms with Gasteiger partial charge in [0.05, 0.1) is 24.3 Å². The van der Waals surface area contributed by atoms with Gasteiger partial charge in [0.2, 0.25) is 0 Å². The molecule has 0 radical (unpaired) electrons. The maximum atomic E-state index is 11.2. The first kappa shape index (κ1) is 9.58. The average molecular weight is 203 g/mol. The van der Waals surface area contributed by atoms with Crippen molar-refractivity contribution >= 4 is 24.2 Å². The fourth-order valence-electron chi connectivity index (χ4n) is 1.53. The summed E-state index contributed by atoms with van der Waals surface area (Å²) in [6.45, 7) is 0. The summed E-state index contributed by atoms with van der Waals surface area (Å²) in [5, 5.41) is 0. The van der Waals surface area contributed by atoms with E-state index in [1.54, 1.807) is 24.4 Å². The number of benzene rings is 1. The minimum Gasteiger partial charge on any atom is -0.465 e. The van der Waals surface area contributed by atoms with Gasteiger partial charge in [-0.1, -0.05) is 6.07 Å². The highest BCUT2D eigenvalue weighted by molar-refractivity contribution is 5.97. The van der Waals surface area contributed by atoms with Crippen molar-refractivity contribution in [2.75, 3.05) is 7.11 Å². The van der Waals surface area contributed by atoms with Crippen LogP contribution in [0.15, 0.2) is 23.2 Å². The molecule has 76 valence electrons. The van der Waals surface area contributed by atoms with E-state index in [1.165, 1.54) is 7.11 Å². The molecule has 0 N–H and O–H groups in total. The fraction of sp³-hybridized carbons (Fsp3) is 0.182. The summed E-state index contributed by atoms with van der Waals surface area (Å²) in [7, 11) is 1.33. The van der Waals surface area contributed by atoms with Crippen LogP contribution in [0.5, 0.6) is 0 Å². The Morgan fingerprint density at radius 1 is 1.53 bits per heavy atom. The maximum Gasteiger partial charge on any atom is 0.337 e. The van der Waals surface area contributed by atoms with Crippen LogP contribution in [0.4, 0.5) is 5.69 Å². The Labute approximate surface area is 86.6 Å². The second kappa shape index (κ2) is 3.65. The smallest absolute Gasteiger partial charge is 0.337 e. The van der Waals surface area contributed by atoms with E-state index in [1.807, 2.05) is 0 Å². The van der Waals surface area contributed by atoms with E-state index >= 15 is 0 Å². The van der Waals surface area contributed by atoms with Crippen molar-refractivity contribution in [3.8, 4) is 0 Å². The van der Waals surface area contributed by atoms with Gasteiger partial charge in [-0.25, -0.2) is 4.79 Å². The highest BCUT2D eigenvalue weighted by Gasteiger charge is 2.19. The number of nitrogens with zero attached hydrogens (tertiary/aromatic N) is 1. The molecule has 1 aliphatic heterocycles. The second-order valence-electron chi connectivity index (χ2n) is 3.21. The Morgan fingerprint density at radius 2 is 2.33 bits per heavy atom. The summed E-state index contributed by atoms with van der Waals surface area (Å²) in [6, 6.07) is 4.99. The number of carbonyl (C=O) groups is 2. The van der Waals surface area contributed by atoms with Crippen molar-refractivity contribution < 1.29 is 14.3 Å². The van der Waals surface area contributed by atoms with Crippen LogP contribution in [0.2, 0.25) is 0 Å². The molecule has 15 heavy (non-hydrogen) atoms. The average Bonchev–Trinajstić information content (AvgIpc) is 2.69. The predicted octanol–water partition coefficient (Wildman–Crippen LogP) is 1.47. The van der Waals surface area contributed by atoms with Crippen molar-refractivity contribution in [2.24, 2.45) is 4.99 Å². The van der Waals surface area contributed by atoms with Crippen LogP contribution in [-0.2, 0) is 9.53 Å². The lowest BCUT2D eigenvalue weighted by atomic mass is 10.0. The summed E-state index contributed by atoms with van der Waals surface area (Å²) in [5.41, 5.74) is 1.94. The number of fused-ring (bicyclic) bond motifs is 1. The van der Waals surface area contributed by atoms with Gasteiger partial charge in [0, 0.05) is 6.21 Å². The number of carbonyl (C=O) groups excluding carboxylic acids is 2. The summed E-state index contributed by atoms with van der Waals surface area (Å²) >= 11 is 0. The zero-order valence-corrected chi connectivity index (χ0v) is 8.14. The van der Waals surface area contributed by atoms with E-state index in [2.05, 4.69) is 9.73 Å². The quantitative estimate of drug-likeness (QED) is 0.540. The molecule has 0 spiro atoms. The molecular formula is C11H9NO3. The number of hydrogen-bond donors (Lipinski definition) is 0. The summed E-state index contributed by atoms with van der Waals surface area (Å²) in [4.78, 5) is 25.9. The van der Waals surface area contributed by atoms with Gasteiger partial charge < -0.3 is 9.53 Å². The van der Waals surface area contributed by atoms with Crippen LogP contribution in [0.3, 0.4) is 0 Å². The Hall–Kier alpha value is -1.97. The molecule has 1 aromatic rings. The fourth-order valence-corrected chi connectivity index (χ4v) is 1.53. The summed E-state index contributed by atoms with van der Waals surface area (Å²) < 4.78 is 4.59. The molecule has 4 heteroatoms. The van der Waals surface area contributed by atoms with E-state index in [-0.39, 0.29) is 5.92 Å². The van der Waals surface area contributed by atoms with Gasteiger partial charge in [-0.05, 0) is 17.7 Å². The number of methoxy groups -OCH3 is 1. The van der Waals surface area contributed by atoms with Gasteiger partial charge in [-0.3, -0.25) is 4.99 Å². The van der Waals surface area contributed by atoms with Crippen LogP contribution in [0, 0.1) is 0 Å². The molecule has 0 aliphatic carbocycles. The SMILES string of the molecule is COC(=O)c1ccc2c(c1)N=C[C@H]2C=O. The van der Waals surface area contributed by atoms with Gasteiger partial charge in [-0.15, -0.1) is 0 Å². The third-order valence-electron chi connectivity index (χ3n) is 2.33. The Bertz CT molecular complexity index is 451. The molecular weight excluding hydrogens is 194 g/mol.